The number of hydrogen-bond acceptors (Lipinski definition) is 1. The average Bonchev–Trinajstić information content (AvgIpc) is 1.88. The number of aliphatic imine (C=N–C) groups is 1. The summed E-state index contributed by atoms with van der Waals surface area (Å²) in [6.45, 7) is 16.2. The first kappa shape index (κ1) is 10.4. The van der Waals surface area contributed by atoms with E-state index in [2.05, 4.69) is 46.0 Å². The molecule has 1 nitrogen and oxygen atoms in total. The van der Waals surface area contributed by atoms with Gasteiger partial charge in [0, 0.05) is 0 Å². The molecule has 0 radical (unpaired) electrons. The molecule has 0 saturated heterocycles. The lowest BCUT2D eigenvalue weighted by molar-refractivity contribution is 0.513. The van der Waals surface area contributed by atoms with Crippen LogP contribution >= 0.6 is 0 Å². The van der Waals surface area contributed by atoms with Crippen LogP contribution in [0.1, 0.15) is 27.7 Å². The van der Waals surface area contributed by atoms with Crippen molar-refractivity contribution < 1.29 is 0 Å². The molecule has 1 atom stereocenters. The molecule has 0 heterocycles. The summed E-state index contributed by atoms with van der Waals surface area (Å²) in [5, 5.41) is 0. The quantitative estimate of drug-likeness (QED) is 0.435. The van der Waals surface area contributed by atoms with Crippen LogP contribution in [0.15, 0.2) is 17.1 Å². The fourth-order valence-electron chi connectivity index (χ4n) is 1.10. The Balaban J connectivity index is 4.26. The van der Waals surface area contributed by atoms with Crippen molar-refractivity contribution in [1.29, 1.82) is 0 Å². The Bertz CT molecular complexity index is 145. The van der Waals surface area contributed by atoms with Crippen LogP contribution in [0.4, 0.5) is 0 Å². The molecule has 0 aliphatic carbocycles. The molecule has 0 saturated carbocycles. The van der Waals surface area contributed by atoms with Crippen molar-refractivity contribution in [3.05, 3.63) is 12.2 Å². The van der Waals surface area contributed by atoms with Crippen LogP contribution in [0.5, 0.6) is 0 Å². The van der Waals surface area contributed by atoms with Gasteiger partial charge in [-0.2, -0.15) is 0 Å². The molecule has 0 aliphatic heterocycles. The van der Waals surface area contributed by atoms with Crippen LogP contribution < -0.4 is 0 Å². The highest BCUT2D eigenvalue weighted by Gasteiger charge is 2.16. The second-order valence-corrected chi connectivity index (χ2v) is 3.60. The summed E-state index contributed by atoms with van der Waals surface area (Å²) in [6.07, 6.45) is 0. The van der Waals surface area contributed by atoms with E-state index in [0.717, 1.165) is 0 Å². The van der Waals surface area contributed by atoms with E-state index in [1.807, 2.05) is 0 Å². The number of hydrogen-bond donors (Lipinski definition) is 0. The minimum absolute atomic E-state index is 0.231. The highest BCUT2D eigenvalue weighted by Crippen LogP contribution is 2.20. The molecule has 0 bridgehead atoms. The predicted molar refractivity (Wildman–Crippen MR) is 52.2 cm³/mol. The topological polar surface area (TPSA) is 12.4 Å². The maximum Gasteiger partial charge on any atom is 0.0724 e. The van der Waals surface area contributed by atoms with Crippen molar-refractivity contribution in [1.82, 2.24) is 0 Å². The van der Waals surface area contributed by atoms with Crippen molar-refractivity contribution in [2.24, 2.45) is 16.8 Å². The summed E-state index contributed by atoms with van der Waals surface area (Å²) in [6, 6.07) is 0.231. The van der Waals surface area contributed by atoms with Gasteiger partial charge in [-0.15, -0.1) is 0 Å². The lowest BCUT2D eigenvalue weighted by atomic mass is 9.90. The van der Waals surface area contributed by atoms with E-state index < -0.39 is 0 Å². The van der Waals surface area contributed by atoms with E-state index in [0.29, 0.717) is 11.8 Å². The Kier molecular flexibility index (Phi) is 4.09. The lowest BCUT2D eigenvalue weighted by Gasteiger charge is -2.21. The number of nitrogens with zero attached hydrogens (tertiary/aromatic N) is 1. The minimum Gasteiger partial charge on any atom is -0.293 e. The third-order valence-corrected chi connectivity index (χ3v) is 1.95. The zero-order chi connectivity index (χ0) is 9.02. The smallest absolute Gasteiger partial charge is 0.0724 e. The van der Waals surface area contributed by atoms with E-state index >= 15 is 0 Å². The molecule has 1 heteroatoms. The van der Waals surface area contributed by atoms with Crippen molar-refractivity contribution in [3.63, 3.8) is 0 Å². The highest BCUT2D eigenvalue weighted by molar-refractivity contribution is 5.27. The molecule has 0 amide bonds. The third-order valence-electron chi connectivity index (χ3n) is 1.95. The van der Waals surface area contributed by atoms with Crippen molar-refractivity contribution >= 4 is 6.72 Å². The van der Waals surface area contributed by atoms with Gasteiger partial charge in [0.2, 0.25) is 0 Å². The molecule has 0 spiro atoms. The Morgan fingerprint density at radius 3 is 1.73 bits per heavy atom. The fraction of sp³-hybridized carbons (Fsp3) is 0.700. The molecule has 0 aromatic heterocycles. The first-order chi connectivity index (χ1) is 5.00. The molecule has 0 N–H and O–H groups in total. The summed E-state index contributed by atoms with van der Waals surface area (Å²) >= 11 is 0. The molecule has 0 rings (SSSR count). The van der Waals surface area contributed by atoms with Gasteiger partial charge in [0.05, 0.1) is 6.04 Å². The first-order valence-corrected chi connectivity index (χ1v) is 4.15. The van der Waals surface area contributed by atoms with Gasteiger partial charge in [0.1, 0.15) is 0 Å². The van der Waals surface area contributed by atoms with Gasteiger partial charge in [-0.3, -0.25) is 4.99 Å². The van der Waals surface area contributed by atoms with Gasteiger partial charge in [0.15, 0.2) is 0 Å². The summed E-state index contributed by atoms with van der Waals surface area (Å²) < 4.78 is 0. The van der Waals surface area contributed by atoms with E-state index in [-0.39, 0.29) is 6.04 Å². The van der Waals surface area contributed by atoms with E-state index in [9.17, 15) is 0 Å². The van der Waals surface area contributed by atoms with E-state index in [4.69, 9.17) is 0 Å². The minimum atomic E-state index is 0.231. The molecular formula is C10H19N. The van der Waals surface area contributed by atoms with Crippen LogP contribution in [0.3, 0.4) is 0 Å². The summed E-state index contributed by atoms with van der Waals surface area (Å²) in [5.74, 6) is 1.02. The predicted octanol–water partition coefficient (Wildman–Crippen LogP) is 2.92. The highest BCUT2D eigenvalue weighted by atomic mass is 14.8. The van der Waals surface area contributed by atoms with Crippen LogP contribution in [0.25, 0.3) is 0 Å². The van der Waals surface area contributed by atoms with Gasteiger partial charge in [-0.1, -0.05) is 39.8 Å². The van der Waals surface area contributed by atoms with Gasteiger partial charge >= 0.3 is 0 Å². The maximum absolute atomic E-state index is 4.06. The zero-order valence-electron chi connectivity index (χ0n) is 8.09. The van der Waals surface area contributed by atoms with Crippen LogP contribution in [-0.4, -0.2) is 12.8 Å². The Hall–Kier alpha value is -0.590. The molecule has 11 heavy (non-hydrogen) atoms. The van der Waals surface area contributed by atoms with E-state index in [1.54, 1.807) is 0 Å². The Morgan fingerprint density at radius 2 is 1.64 bits per heavy atom. The SMILES string of the molecule is C=N[C@@H](C(=C)C(C)C)C(C)C. The molecule has 0 aliphatic rings. The van der Waals surface area contributed by atoms with Gasteiger partial charge in [0.25, 0.3) is 0 Å². The van der Waals surface area contributed by atoms with Crippen LogP contribution in [-0.2, 0) is 0 Å². The van der Waals surface area contributed by atoms with Crippen LogP contribution in [0, 0.1) is 11.8 Å². The first-order valence-electron chi connectivity index (χ1n) is 4.15. The van der Waals surface area contributed by atoms with Gasteiger partial charge in [-0.05, 0) is 18.6 Å². The molecular weight excluding hydrogens is 134 g/mol. The van der Waals surface area contributed by atoms with Crippen LogP contribution in [0.2, 0.25) is 0 Å². The lowest BCUT2D eigenvalue weighted by Crippen LogP contribution is -2.18. The normalized spacial score (nSPS) is 13.6. The fourth-order valence-corrected chi connectivity index (χ4v) is 1.10. The van der Waals surface area contributed by atoms with Gasteiger partial charge in [-0.25, -0.2) is 0 Å². The largest absolute Gasteiger partial charge is 0.293 e. The Labute approximate surface area is 70.2 Å². The molecule has 0 fully saturated rings. The second kappa shape index (κ2) is 4.32. The second-order valence-electron chi connectivity index (χ2n) is 3.60. The van der Waals surface area contributed by atoms with Gasteiger partial charge < -0.3 is 0 Å². The van der Waals surface area contributed by atoms with Crippen molar-refractivity contribution in [3.8, 4) is 0 Å². The summed E-state index contributed by atoms with van der Waals surface area (Å²) in [5.41, 5.74) is 1.19. The van der Waals surface area contributed by atoms with Crippen molar-refractivity contribution in [2.75, 3.05) is 0 Å². The Morgan fingerprint density at radius 1 is 1.18 bits per heavy atom. The molecule has 0 aromatic carbocycles. The van der Waals surface area contributed by atoms with E-state index in [1.165, 1.54) is 5.57 Å². The average molecular weight is 153 g/mol. The monoisotopic (exact) mass is 153 g/mol. The third kappa shape index (κ3) is 2.87. The molecule has 64 valence electrons. The zero-order valence-corrected chi connectivity index (χ0v) is 8.09. The molecule has 0 aromatic rings. The summed E-state index contributed by atoms with van der Waals surface area (Å²) in [4.78, 5) is 4.06. The van der Waals surface area contributed by atoms with Crippen molar-refractivity contribution in [2.45, 2.75) is 33.7 Å². The number of rotatable bonds is 4. The maximum atomic E-state index is 4.06. The molecule has 0 unspecified atom stereocenters. The summed E-state index contributed by atoms with van der Waals surface area (Å²) in [7, 11) is 0. The standard InChI is InChI=1S/C10H19N/c1-7(2)9(5)10(11-6)8(3)4/h7-8,10H,5-6H2,1-4H3/t10-/m1/s1.